The minimum absolute atomic E-state index is 0.400. The third-order valence-corrected chi connectivity index (χ3v) is 3.15. The Kier molecular flexibility index (Phi) is 3.59. The molecule has 0 saturated heterocycles. The molecule has 0 saturated carbocycles. The Morgan fingerprint density at radius 3 is 2.53 bits per heavy atom. The highest BCUT2D eigenvalue weighted by molar-refractivity contribution is 7.98. The van der Waals surface area contributed by atoms with E-state index in [0.29, 0.717) is 27.3 Å². The van der Waals surface area contributed by atoms with Crippen LogP contribution in [0, 0.1) is 0 Å². The van der Waals surface area contributed by atoms with Crippen molar-refractivity contribution in [3.8, 4) is 11.5 Å². The number of ether oxygens (including phenoxy) is 2. The molecular formula is C11H11ClN2O2S. The SMILES string of the molecule is COc1cc(OC)c2nc(SC)nc(Cl)c2c1. The summed E-state index contributed by atoms with van der Waals surface area (Å²) in [6.07, 6.45) is 1.90. The van der Waals surface area contributed by atoms with Gasteiger partial charge in [0.15, 0.2) is 5.16 Å². The maximum Gasteiger partial charge on any atom is 0.189 e. The summed E-state index contributed by atoms with van der Waals surface area (Å²) < 4.78 is 10.5. The van der Waals surface area contributed by atoms with Crippen LogP contribution in [0.15, 0.2) is 17.3 Å². The quantitative estimate of drug-likeness (QED) is 0.487. The van der Waals surface area contributed by atoms with Gasteiger partial charge in [-0.25, -0.2) is 9.97 Å². The van der Waals surface area contributed by atoms with Crippen molar-refractivity contribution in [1.82, 2.24) is 9.97 Å². The van der Waals surface area contributed by atoms with Crippen LogP contribution in [0.25, 0.3) is 10.9 Å². The molecule has 1 aromatic carbocycles. The smallest absolute Gasteiger partial charge is 0.189 e. The molecule has 1 aromatic heterocycles. The summed E-state index contributed by atoms with van der Waals surface area (Å²) in [7, 11) is 3.18. The predicted molar refractivity (Wildman–Crippen MR) is 69.4 cm³/mol. The molecule has 4 nitrogen and oxygen atoms in total. The van der Waals surface area contributed by atoms with Crippen LogP contribution in [0.1, 0.15) is 0 Å². The Labute approximate surface area is 108 Å². The van der Waals surface area contributed by atoms with E-state index >= 15 is 0 Å². The predicted octanol–water partition coefficient (Wildman–Crippen LogP) is 3.02. The van der Waals surface area contributed by atoms with Crippen molar-refractivity contribution >= 4 is 34.3 Å². The molecule has 0 unspecified atom stereocenters. The number of halogens is 1. The van der Waals surface area contributed by atoms with Gasteiger partial charge in [-0.1, -0.05) is 23.4 Å². The van der Waals surface area contributed by atoms with Gasteiger partial charge in [0, 0.05) is 11.5 Å². The fraction of sp³-hybridized carbons (Fsp3) is 0.273. The average molecular weight is 271 g/mol. The summed E-state index contributed by atoms with van der Waals surface area (Å²) in [5, 5.41) is 1.74. The van der Waals surface area contributed by atoms with Crippen molar-refractivity contribution < 1.29 is 9.47 Å². The van der Waals surface area contributed by atoms with E-state index in [9.17, 15) is 0 Å². The largest absolute Gasteiger partial charge is 0.497 e. The summed E-state index contributed by atoms with van der Waals surface area (Å²) in [4.78, 5) is 8.56. The van der Waals surface area contributed by atoms with E-state index in [1.807, 2.05) is 6.26 Å². The first-order chi connectivity index (χ1) is 8.19. The van der Waals surface area contributed by atoms with E-state index in [2.05, 4.69) is 9.97 Å². The monoisotopic (exact) mass is 270 g/mol. The van der Waals surface area contributed by atoms with Gasteiger partial charge in [0.25, 0.3) is 0 Å². The number of methoxy groups -OCH3 is 2. The lowest BCUT2D eigenvalue weighted by Gasteiger charge is -2.09. The second-order valence-corrected chi connectivity index (χ2v) is 4.36. The molecule has 6 heteroatoms. The highest BCUT2D eigenvalue weighted by Crippen LogP contribution is 2.34. The fourth-order valence-electron chi connectivity index (χ4n) is 1.48. The Morgan fingerprint density at radius 2 is 1.94 bits per heavy atom. The van der Waals surface area contributed by atoms with Crippen LogP contribution in [0.3, 0.4) is 0 Å². The Bertz CT molecular complexity index is 563. The van der Waals surface area contributed by atoms with E-state index in [0.717, 1.165) is 5.39 Å². The van der Waals surface area contributed by atoms with E-state index < -0.39 is 0 Å². The molecule has 0 fully saturated rings. The van der Waals surface area contributed by atoms with Crippen molar-refractivity contribution in [3.63, 3.8) is 0 Å². The number of fused-ring (bicyclic) bond motifs is 1. The van der Waals surface area contributed by atoms with Crippen LogP contribution in [0.5, 0.6) is 11.5 Å². The van der Waals surface area contributed by atoms with E-state index in [4.69, 9.17) is 21.1 Å². The van der Waals surface area contributed by atoms with Gasteiger partial charge in [-0.2, -0.15) is 0 Å². The second-order valence-electron chi connectivity index (χ2n) is 3.23. The molecule has 90 valence electrons. The molecule has 1 heterocycles. The molecular weight excluding hydrogens is 260 g/mol. The van der Waals surface area contributed by atoms with Crippen molar-refractivity contribution in [2.75, 3.05) is 20.5 Å². The third kappa shape index (κ3) is 2.25. The van der Waals surface area contributed by atoms with Crippen molar-refractivity contribution in [2.24, 2.45) is 0 Å². The molecule has 2 aromatic rings. The summed E-state index contributed by atoms with van der Waals surface area (Å²) in [6, 6.07) is 3.57. The number of benzene rings is 1. The number of rotatable bonds is 3. The first-order valence-electron chi connectivity index (χ1n) is 4.83. The maximum atomic E-state index is 6.12. The molecule has 17 heavy (non-hydrogen) atoms. The molecule has 0 atom stereocenters. The zero-order valence-corrected chi connectivity index (χ0v) is 11.2. The third-order valence-electron chi connectivity index (χ3n) is 2.31. The van der Waals surface area contributed by atoms with Crippen LogP contribution in [-0.2, 0) is 0 Å². The second kappa shape index (κ2) is 4.98. The molecule has 0 spiro atoms. The number of aromatic nitrogens is 2. The molecule has 0 aliphatic rings. The van der Waals surface area contributed by atoms with Gasteiger partial charge in [-0.15, -0.1) is 0 Å². The van der Waals surface area contributed by atoms with Crippen molar-refractivity contribution in [1.29, 1.82) is 0 Å². The Morgan fingerprint density at radius 1 is 1.18 bits per heavy atom. The van der Waals surface area contributed by atoms with Crippen molar-refractivity contribution in [3.05, 3.63) is 17.3 Å². The minimum Gasteiger partial charge on any atom is -0.497 e. The zero-order chi connectivity index (χ0) is 12.4. The summed E-state index contributed by atoms with van der Waals surface area (Å²) in [5.74, 6) is 1.29. The lowest BCUT2D eigenvalue weighted by atomic mass is 10.2. The topological polar surface area (TPSA) is 44.2 Å². The van der Waals surface area contributed by atoms with E-state index in [1.54, 1.807) is 26.4 Å². The molecule has 0 bridgehead atoms. The molecule has 2 rings (SSSR count). The molecule has 0 N–H and O–H groups in total. The lowest BCUT2D eigenvalue weighted by molar-refractivity contribution is 0.397. The Balaban J connectivity index is 2.79. The fourth-order valence-corrected chi connectivity index (χ4v) is 2.12. The van der Waals surface area contributed by atoms with Gasteiger partial charge >= 0.3 is 0 Å². The lowest BCUT2D eigenvalue weighted by Crippen LogP contribution is -1.94. The van der Waals surface area contributed by atoms with Gasteiger partial charge in [-0.05, 0) is 12.3 Å². The minimum atomic E-state index is 0.400. The van der Waals surface area contributed by atoms with Gasteiger partial charge in [0.2, 0.25) is 0 Å². The highest BCUT2D eigenvalue weighted by Gasteiger charge is 2.12. The maximum absolute atomic E-state index is 6.12. The van der Waals surface area contributed by atoms with Crippen LogP contribution >= 0.6 is 23.4 Å². The molecule has 0 aliphatic carbocycles. The molecule has 0 amide bonds. The van der Waals surface area contributed by atoms with Crippen LogP contribution in [0.2, 0.25) is 5.15 Å². The average Bonchev–Trinajstić information content (AvgIpc) is 2.37. The van der Waals surface area contributed by atoms with Crippen LogP contribution in [-0.4, -0.2) is 30.4 Å². The summed E-state index contributed by atoms with van der Waals surface area (Å²) >= 11 is 7.56. The summed E-state index contributed by atoms with van der Waals surface area (Å²) in [5.41, 5.74) is 0.692. The first-order valence-corrected chi connectivity index (χ1v) is 6.43. The van der Waals surface area contributed by atoms with Gasteiger partial charge in [-0.3, -0.25) is 0 Å². The standard InChI is InChI=1S/C11H11ClN2O2S/c1-15-6-4-7-9(8(5-6)16-2)13-11(17-3)14-10(7)12/h4-5H,1-3H3. The van der Waals surface area contributed by atoms with E-state index in [1.165, 1.54) is 11.8 Å². The van der Waals surface area contributed by atoms with Crippen LogP contribution < -0.4 is 9.47 Å². The number of hydrogen-bond acceptors (Lipinski definition) is 5. The summed E-state index contributed by atoms with van der Waals surface area (Å²) in [6.45, 7) is 0. The van der Waals surface area contributed by atoms with Crippen molar-refractivity contribution in [2.45, 2.75) is 5.16 Å². The van der Waals surface area contributed by atoms with Crippen LogP contribution in [0.4, 0.5) is 0 Å². The number of nitrogens with zero attached hydrogens (tertiary/aromatic N) is 2. The van der Waals surface area contributed by atoms with E-state index in [-0.39, 0.29) is 0 Å². The zero-order valence-electron chi connectivity index (χ0n) is 9.65. The number of thioether (sulfide) groups is 1. The highest BCUT2D eigenvalue weighted by atomic mass is 35.5. The normalized spacial score (nSPS) is 10.6. The molecule has 0 aliphatic heterocycles. The molecule has 0 radical (unpaired) electrons. The van der Waals surface area contributed by atoms with Gasteiger partial charge in [0.1, 0.15) is 22.2 Å². The van der Waals surface area contributed by atoms with Gasteiger partial charge < -0.3 is 9.47 Å². The Hall–Kier alpha value is -1.20. The van der Waals surface area contributed by atoms with Gasteiger partial charge in [0.05, 0.1) is 14.2 Å². The first kappa shape index (κ1) is 12.3. The number of hydrogen-bond donors (Lipinski definition) is 0.